The van der Waals surface area contributed by atoms with Gasteiger partial charge in [-0.1, -0.05) is 34.8 Å². The minimum Gasteiger partial charge on any atom is -0.478 e. The minimum atomic E-state index is -3.23. The van der Waals surface area contributed by atoms with Gasteiger partial charge in [-0.25, -0.2) is 9.59 Å². The number of carbonyl (C=O) groups is 2. The average molecular weight is 259 g/mol. The molecule has 13 heavy (non-hydrogen) atoms. The summed E-state index contributed by atoms with van der Waals surface area (Å²) in [5.74, 6) is -3.53. The van der Waals surface area contributed by atoms with Crippen LogP contribution >= 0.6 is 34.8 Å². The molecule has 0 rings (SSSR count). The molecular formula is C4H3Cl3F2O4. The van der Waals surface area contributed by atoms with Crippen LogP contribution in [0.15, 0.2) is 0 Å². The van der Waals surface area contributed by atoms with E-state index in [0.29, 0.717) is 0 Å². The summed E-state index contributed by atoms with van der Waals surface area (Å²) in [6, 6.07) is 0. The molecule has 0 aromatic carbocycles. The third-order valence-electron chi connectivity index (χ3n) is 0.429. The van der Waals surface area contributed by atoms with Crippen LogP contribution in [0.1, 0.15) is 0 Å². The quantitative estimate of drug-likeness (QED) is 0.704. The zero-order valence-corrected chi connectivity index (χ0v) is 7.95. The zero-order valence-electron chi connectivity index (χ0n) is 5.68. The molecule has 9 heteroatoms. The van der Waals surface area contributed by atoms with Crippen LogP contribution in [0.5, 0.6) is 0 Å². The van der Waals surface area contributed by atoms with Gasteiger partial charge in [0.25, 0.3) is 3.79 Å². The Bertz CT molecular complexity index is 190. The number of carboxylic acid groups (broad SMARTS) is 2. The number of alkyl halides is 5. The summed E-state index contributed by atoms with van der Waals surface area (Å²) < 4.78 is 18.9. The molecule has 0 fully saturated rings. The Kier molecular flexibility index (Phi) is 7.20. The fourth-order valence-corrected chi connectivity index (χ4v) is 0. The first-order valence-electron chi connectivity index (χ1n) is 2.40. The largest absolute Gasteiger partial charge is 0.478 e. The smallest absolute Gasteiger partial charge is 0.371 e. The van der Waals surface area contributed by atoms with Crippen LogP contribution in [0, 0.1) is 0 Å². The first-order chi connectivity index (χ1) is 5.59. The molecule has 0 spiro atoms. The highest BCUT2D eigenvalue weighted by Crippen LogP contribution is 2.25. The zero-order chi connectivity index (χ0) is 11.2. The molecule has 0 aromatic rings. The molecule has 78 valence electrons. The maximum absolute atomic E-state index is 10.6. The summed E-state index contributed by atoms with van der Waals surface area (Å²) in [5, 5.41) is 15.1. The first kappa shape index (κ1) is 15.2. The molecular weight excluding hydrogens is 256 g/mol. The molecule has 0 aliphatic heterocycles. The van der Waals surface area contributed by atoms with Gasteiger partial charge in [0.1, 0.15) is 0 Å². The summed E-state index contributed by atoms with van der Waals surface area (Å²) in [6.07, 6.45) is -3.23. The molecule has 2 N–H and O–H groups in total. The fourth-order valence-electron chi connectivity index (χ4n) is 0. The van der Waals surface area contributed by atoms with Crippen molar-refractivity contribution in [1.29, 1.82) is 0 Å². The second kappa shape index (κ2) is 6.17. The number of rotatable bonds is 1. The Morgan fingerprint density at radius 2 is 1.31 bits per heavy atom. The summed E-state index contributed by atoms with van der Waals surface area (Å²) in [4.78, 5) is 18.6. The Morgan fingerprint density at radius 1 is 1.15 bits per heavy atom. The van der Waals surface area contributed by atoms with Gasteiger partial charge in [-0.2, -0.15) is 8.78 Å². The van der Waals surface area contributed by atoms with Crippen LogP contribution in [0.4, 0.5) is 8.78 Å². The maximum Gasteiger partial charge on any atom is 0.371 e. The van der Waals surface area contributed by atoms with Gasteiger partial charge < -0.3 is 10.2 Å². The Balaban J connectivity index is 0. The van der Waals surface area contributed by atoms with Crippen molar-refractivity contribution >= 4 is 46.7 Å². The van der Waals surface area contributed by atoms with Crippen LogP contribution in [-0.4, -0.2) is 32.4 Å². The summed E-state index contributed by atoms with van der Waals surface area (Å²) in [7, 11) is 0. The van der Waals surface area contributed by atoms with Gasteiger partial charge in [-0.15, -0.1) is 0 Å². The van der Waals surface area contributed by atoms with E-state index in [-0.39, 0.29) is 0 Å². The van der Waals surface area contributed by atoms with E-state index >= 15 is 0 Å². The molecule has 0 heterocycles. The van der Waals surface area contributed by atoms with Crippen molar-refractivity contribution in [3.63, 3.8) is 0 Å². The average Bonchev–Trinajstić information content (AvgIpc) is 1.86. The lowest BCUT2D eigenvalue weighted by Crippen LogP contribution is -2.16. The molecule has 0 aromatic heterocycles. The highest BCUT2D eigenvalue weighted by Gasteiger charge is 2.29. The number of aliphatic carboxylic acids is 2. The number of hydrogen-bond acceptors (Lipinski definition) is 2. The lowest BCUT2D eigenvalue weighted by molar-refractivity contribution is -0.149. The third kappa shape index (κ3) is 11.7. The van der Waals surface area contributed by atoms with Crippen LogP contribution in [0.2, 0.25) is 0 Å². The van der Waals surface area contributed by atoms with Crippen molar-refractivity contribution in [3.05, 3.63) is 0 Å². The lowest BCUT2D eigenvalue weighted by Gasteiger charge is -1.99. The van der Waals surface area contributed by atoms with E-state index < -0.39 is 22.2 Å². The fraction of sp³-hybridized carbons (Fsp3) is 0.500. The maximum atomic E-state index is 10.6. The molecule has 0 bridgehead atoms. The Hall–Kier alpha value is -0.330. The van der Waals surface area contributed by atoms with Gasteiger partial charge in [-0.3, -0.25) is 0 Å². The molecule has 0 unspecified atom stereocenters. The van der Waals surface area contributed by atoms with Crippen molar-refractivity contribution in [3.8, 4) is 0 Å². The van der Waals surface area contributed by atoms with E-state index in [9.17, 15) is 13.6 Å². The van der Waals surface area contributed by atoms with Gasteiger partial charge in [0, 0.05) is 0 Å². The SMILES string of the molecule is O=C(O)C(Cl)(Cl)Cl.O=C(O)C(F)F. The van der Waals surface area contributed by atoms with Crippen LogP contribution in [-0.2, 0) is 9.59 Å². The van der Waals surface area contributed by atoms with E-state index in [1.54, 1.807) is 0 Å². The number of hydrogen-bond donors (Lipinski definition) is 2. The Morgan fingerprint density at radius 3 is 1.31 bits per heavy atom. The van der Waals surface area contributed by atoms with E-state index in [1.165, 1.54) is 0 Å². The molecule has 4 nitrogen and oxygen atoms in total. The lowest BCUT2D eigenvalue weighted by atomic mass is 10.7. The van der Waals surface area contributed by atoms with Crippen molar-refractivity contribution < 1.29 is 28.6 Å². The highest BCUT2D eigenvalue weighted by atomic mass is 35.6. The second-order valence-electron chi connectivity index (χ2n) is 1.44. The Labute approximate surface area is 86.0 Å². The van der Waals surface area contributed by atoms with Crippen LogP contribution in [0.3, 0.4) is 0 Å². The molecule has 0 radical (unpaired) electrons. The molecule has 0 saturated heterocycles. The van der Waals surface area contributed by atoms with Gasteiger partial charge in [0.05, 0.1) is 0 Å². The molecule has 0 amide bonds. The number of carboxylic acids is 2. The van der Waals surface area contributed by atoms with Crippen molar-refractivity contribution in [1.82, 2.24) is 0 Å². The molecule has 0 atom stereocenters. The van der Waals surface area contributed by atoms with Crippen molar-refractivity contribution in [2.24, 2.45) is 0 Å². The standard InChI is InChI=1S/C2HCl3O2.C2H2F2O2/c3-2(4,5)1(6)7;3-1(4)2(5)6/h(H,6,7);1H,(H,5,6). The topological polar surface area (TPSA) is 74.6 Å². The summed E-state index contributed by atoms with van der Waals surface area (Å²) in [6.45, 7) is 0. The first-order valence-corrected chi connectivity index (χ1v) is 3.53. The van der Waals surface area contributed by atoms with Crippen LogP contribution in [0.25, 0.3) is 0 Å². The van der Waals surface area contributed by atoms with E-state index in [2.05, 4.69) is 0 Å². The highest BCUT2D eigenvalue weighted by molar-refractivity contribution is 6.75. The minimum absolute atomic E-state index is 1.46. The van der Waals surface area contributed by atoms with Gasteiger partial charge in [-0.05, 0) is 0 Å². The van der Waals surface area contributed by atoms with Gasteiger partial charge >= 0.3 is 18.4 Å². The molecule has 0 saturated carbocycles. The third-order valence-corrected chi connectivity index (χ3v) is 0.914. The normalized spacial score (nSPS) is 10.3. The van der Waals surface area contributed by atoms with Gasteiger partial charge in [0.15, 0.2) is 0 Å². The van der Waals surface area contributed by atoms with E-state index in [4.69, 9.17) is 49.8 Å². The predicted octanol–water partition coefficient (Wildman–Crippen LogP) is 1.78. The van der Waals surface area contributed by atoms with E-state index in [0.717, 1.165) is 0 Å². The second-order valence-corrected chi connectivity index (χ2v) is 3.72. The number of halogens is 5. The van der Waals surface area contributed by atoms with Gasteiger partial charge in [0.2, 0.25) is 0 Å². The van der Waals surface area contributed by atoms with Crippen LogP contribution < -0.4 is 0 Å². The van der Waals surface area contributed by atoms with E-state index in [1.807, 2.05) is 0 Å². The van der Waals surface area contributed by atoms with Crippen molar-refractivity contribution in [2.45, 2.75) is 10.2 Å². The molecule has 0 aliphatic carbocycles. The summed E-state index contributed by atoms with van der Waals surface area (Å²) in [5.41, 5.74) is 0. The van der Waals surface area contributed by atoms with Crippen molar-refractivity contribution in [2.75, 3.05) is 0 Å². The monoisotopic (exact) mass is 258 g/mol. The summed E-state index contributed by atoms with van der Waals surface area (Å²) >= 11 is 14.4. The predicted molar refractivity (Wildman–Crippen MR) is 41.6 cm³/mol. The molecule has 0 aliphatic rings.